The zero-order chi connectivity index (χ0) is 22.3. The van der Waals surface area contributed by atoms with Crippen LogP contribution in [0.2, 0.25) is 0 Å². The van der Waals surface area contributed by atoms with E-state index < -0.39 is 17.7 Å². The van der Waals surface area contributed by atoms with Gasteiger partial charge in [-0.15, -0.1) is 10.2 Å². The number of rotatable bonds is 8. The van der Waals surface area contributed by atoms with Gasteiger partial charge in [0.2, 0.25) is 11.8 Å². The number of anilines is 1. The molecule has 0 aliphatic rings. The van der Waals surface area contributed by atoms with E-state index >= 15 is 0 Å². The molecule has 30 heavy (non-hydrogen) atoms. The summed E-state index contributed by atoms with van der Waals surface area (Å²) in [6, 6.07) is 7.20. The SMILES string of the molecule is CCc1ccccc1NC(=O)CSc1nnc([C@H](NC(=O)OC(C)(C)C)C(C)C)o1. The van der Waals surface area contributed by atoms with Gasteiger partial charge in [0, 0.05) is 5.69 Å². The van der Waals surface area contributed by atoms with Crippen molar-refractivity contribution < 1.29 is 18.7 Å². The minimum atomic E-state index is -0.606. The van der Waals surface area contributed by atoms with Gasteiger partial charge in [0.05, 0.1) is 5.75 Å². The molecular weight excluding hydrogens is 404 g/mol. The number of amides is 2. The van der Waals surface area contributed by atoms with Crippen LogP contribution in [0, 0.1) is 5.92 Å². The fourth-order valence-corrected chi connectivity index (χ4v) is 3.19. The molecule has 0 saturated heterocycles. The minimum absolute atomic E-state index is 0.00432. The second-order valence-corrected chi connectivity index (χ2v) is 9.05. The van der Waals surface area contributed by atoms with Gasteiger partial charge in [-0.05, 0) is 44.7 Å². The van der Waals surface area contributed by atoms with Crippen LogP contribution < -0.4 is 10.6 Å². The van der Waals surface area contributed by atoms with Crippen molar-refractivity contribution in [2.24, 2.45) is 5.92 Å². The van der Waals surface area contributed by atoms with Gasteiger partial charge in [0.1, 0.15) is 11.6 Å². The molecule has 0 aliphatic heterocycles. The number of nitrogens with zero attached hydrogens (tertiary/aromatic N) is 2. The number of carbonyl (C=O) groups is 2. The van der Waals surface area contributed by atoms with Gasteiger partial charge < -0.3 is 19.8 Å². The molecule has 9 heteroatoms. The van der Waals surface area contributed by atoms with E-state index in [-0.39, 0.29) is 28.7 Å². The van der Waals surface area contributed by atoms with Crippen LogP contribution in [0.3, 0.4) is 0 Å². The monoisotopic (exact) mass is 434 g/mol. The zero-order valence-corrected chi connectivity index (χ0v) is 19.1. The molecule has 2 aromatic rings. The third-order valence-corrected chi connectivity index (χ3v) is 4.84. The third-order valence-electron chi connectivity index (χ3n) is 4.03. The summed E-state index contributed by atoms with van der Waals surface area (Å²) in [5, 5.41) is 14.0. The van der Waals surface area contributed by atoms with E-state index in [1.54, 1.807) is 20.8 Å². The summed E-state index contributed by atoms with van der Waals surface area (Å²) in [6.07, 6.45) is 0.278. The molecule has 2 rings (SSSR count). The van der Waals surface area contributed by atoms with Crippen LogP contribution in [0.15, 0.2) is 33.9 Å². The number of hydrogen-bond acceptors (Lipinski definition) is 7. The van der Waals surface area contributed by atoms with Crippen LogP contribution >= 0.6 is 11.8 Å². The molecular formula is C21H30N4O4S. The summed E-state index contributed by atoms with van der Waals surface area (Å²) >= 11 is 1.14. The van der Waals surface area contributed by atoms with Gasteiger partial charge in [0.15, 0.2) is 0 Å². The number of benzene rings is 1. The lowest BCUT2D eigenvalue weighted by molar-refractivity contribution is -0.113. The Hall–Kier alpha value is -2.55. The van der Waals surface area contributed by atoms with Crippen molar-refractivity contribution in [3.05, 3.63) is 35.7 Å². The predicted molar refractivity (Wildman–Crippen MR) is 116 cm³/mol. The maximum absolute atomic E-state index is 12.3. The zero-order valence-electron chi connectivity index (χ0n) is 18.3. The second-order valence-electron chi connectivity index (χ2n) is 8.12. The van der Waals surface area contributed by atoms with E-state index in [1.807, 2.05) is 45.0 Å². The lowest BCUT2D eigenvalue weighted by Crippen LogP contribution is -2.37. The Bertz CT molecular complexity index is 861. The number of hydrogen-bond donors (Lipinski definition) is 2. The first-order valence-corrected chi connectivity index (χ1v) is 10.9. The summed E-state index contributed by atoms with van der Waals surface area (Å²) in [5.74, 6) is 0.249. The van der Waals surface area contributed by atoms with Crippen LogP contribution in [0.4, 0.5) is 10.5 Å². The molecule has 0 spiro atoms. The first-order valence-electron chi connectivity index (χ1n) is 9.92. The highest BCUT2D eigenvalue weighted by Crippen LogP contribution is 2.25. The molecule has 2 N–H and O–H groups in total. The Labute approximate surface area is 181 Å². The van der Waals surface area contributed by atoms with E-state index in [2.05, 4.69) is 20.8 Å². The highest BCUT2D eigenvalue weighted by Gasteiger charge is 2.27. The predicted octanol–water partition coefficient (Wildman–Crippen LogP) is 4.58. The quantitative estimate of drug-likeness (QED) is 0.585. The number of aromatic nitrogens is 2. The average Bonchev–Trinajstić information content (AvgIpc) is 3.12. The van der Waals surface area contributed by atoms with Gasteiger partial charge in [0.25, 0.3) is 5.22 Å². The van der Waals surface area contributed by atoms with Crippen molar-refractivity contribution in [1.82, 2.24) is 15.5 Å². The number of carbonyl (C=O) groups excluding carboxylic acids is 2. The van der Waals surface area contributed by atoms with Crippen molar-refractivity contribution in [2.75, 3.05) is 11.1 Å². The van der Waals surface area contributed by atoms with Gasteiger partial charge in [-0.1, -0.05) is 50.7 Å². The van der Waals surface area contributed by atoms with Gasteiger partial charge in [-0.2, -0.15) is 0 Å². The molecule has 2 amide bonds. The topological polar surface area (TPSA) is 106 Å². The smallest absolute Gasteiger partial charge is 0.408 e. The summed E-state index contributed by atoms with van der Waals surface area (Å²) in [4.78, 5) is 24.4. The molecule has 1 aromatic carbocycles. The van der Waals surface area contributed by atoms with Crippen LogP contribution in [0.25, 0.3) is 0 Å². The van der Waals surface area contributed by atoms with Gasteiger partial charge in [-0.3, -0.25) is 4.79 Å². The maximum Gasteiger partial charge on any atom is 0.408 e. The molecule has 164 valence electrons. The van der Waals surface area contributed by atoms with E-state index in [0.29, 0.717) is 0 Å². The molecule has 0 bridgehead atoms. The summed E-state index contributed by atoms with van der Waals surface area (Å²) in [6.45, 7) is 11.3. The Morgan fingerprint density at radius 1 is 1.20 bits per heavy atom. The molecule has 8 nitrogen and oxygen atoms in total. The van der Waals surface area contributed by atoms with Crippen molar-refractivity contribution in [3.8, 4) is 0 Å². The van der Waals surface area contributed by atoms with Crippen LogP contribution in [-0.4, -0.2) is 33.6 Å². The molecule has 0 aliphatic carbocycles. The first kappa shape index (κ1) is 23.7. The Balaban J connectivity index is 1.95. The molecule has 1 atom stereocenters. The average molecular weight is 435 g/mol. The van der Waals surface area contributed by atoms with Gasteiger partial charge in [-0.25, -0.2) is 4.79 Å². The first-order chi connectivity index (χ1) is 14.1. The Morgan fingerprint density at radius 3 is 2.53 bits per heavy atom. The molecule has 0 unspecified atom stereocenters. The number of ether oxygens (including phenoxy) is 1. The summed E-state index contributed by atoms with van der Waals surface area (Å²) in [7, 11) is 0. The van der Waals surface area contributed by atoms with E-state index in [4.69, 9.17) is 9.15 Å². The fraction of sp³-hybridized carbons (Fsp3) is 0.524. The molecule has 0 fully saturated rings. The highest BCUT2D eigenvalue weighted by molar-refractivity contribution is 7.99. The Kier molecular flexibility index (Phi) is 8.28. The number of aryl methyl sites for hydroxylation is 1. The van der Waals surface area contributed by atoms with Crippen LogP contribution in [0.1, 0.15) is 59.0 Å². The number of alkyl carbamates (subject to hydrolysis) is 1. The molecule has 0 radical (unpaired) electrons. The van der Waals surface area contributed by atoms with Crippen molar-refractivity contribution in [1.29, 1.82) is 0 Å². The summed E-state index contributed by atoms with van der Waals surface area (Å²) in [5.41, 5.74) is 1.27. The molecule has 0 saturated carbocycles. The number of thioether (sulfide) groups is 1. The lowest BCUT2D eigenvalue weighted by Gasteiger charge is -2.23. The summed E-state index contributed by atoms with van der Waals surface area (Å²) < 4.78 is 11.0. The van der Waals surface area contributed by atoms with E-state index in [1.165, 1.54) is 0 Å². The standard InChI is InChI=1S/C21H30N4O4S/c1-7-14-10-8-9-11-15(14)22-16(26)12-30-20-25-24-18(28-20)17(13(2)3)23-19(27)29-21(4,5)6/h8-11,13,17H,7,12H2,1-6H3,(H,22,26)(H,23,27)/t17-/m1/s1. The van der Waals surface area contributed by atoms with Gasteiger partial charge >= 0.3 is 6.09 Å². The minimum Gasteiger partial charge on any atom is -0.444 e. The Morgan fingerprint density at radius 2 is 1.90 bits per heavy atom. The highest BCUT2D eigenvalue weighted by atomic mass is 32.2. The molecule has 1 heterocycles. The number of para-hydroxylation sites is 1. The van der Waals surface area contributed by atoms with Crippen LogP contribution in [-0.2, 0) is 16.0 Å². The second kappa shape index (κ2) is 10.5. The van der Waals surface area contributed by atoms with Crippen molar-refractivity contribution >= 4 is 29.4 Å². The normalized spacial score (nSPS) is 12.5. The fourth-order valence-electron chi connectivity index (χ4n) is 2.62. The largest absolute Gasteiger partial charge is 0.444 e. The number of nitrogens with one attached hydrogen (secondary N) is 2. The van der Waals surface area contributed by atoms with Crippen molar-refractivity contribution in [2.45, 2.75) is 64.8 Å². The third kappa shape index (κ3) is 7.37. The van der Waals surface area contributed by atoms with E-state index in [0.717, 1.165) is 29.4 Å². The lowest BCUT2D eigenvalue weighted by atomic mass is 10.1. The van der Waals surface area contributed by atoms with Crippen molar-refractivity contribution in [3.63, 3.8) is 0 Å². The molecule has 1 aromatic heterocycles. The van der Waals surface area contributed by atoms with Crippen LogP contribution in [0.5, 0.6) is 0 Å². The van der Waals surface area contributed by atoms with E-state index in [9.17, 15) is 9.59 Å². The maximum atomic E-state index is 12.3.